The summed E-state index contributed by atoms with van der Waals surface area (Å²) in [6, 6.07) is 1.87. The summed E-state index contributed by atoms with van der Waals surface area (Å²) < 4.78 is 0. The summed E-state index contributed by atoms with van der Waals surface area (Å²) in [5.74, 6) is -0.316. The molecule has 1 amide bonds. The van der Waals surface area contributed by atoms with Crippen LogP contribution in [-0.2, 0) is 4.79 Å². The van der Waals surface area contributed by atoms with Crippen LogP contribution in [0.5, 0.6) is 0 Å². The summed E-state index contributed by atoms with van der Waals surface area (Å²) >= 11 is 1.57. The van der Waals surface area contributed by atoms with Gasteiger partial charge in [0.15, 0.2) is 0 Å². The van der Waals surface area contributed by atoms with E-state index < -0.39 is 0 Å². The molecule has 0 radical (unpaired) electrons. The molecule has 0 fully saturated rings. The SMILES string of the molecule is CCC(C)NC(C(N)=O)c1ccsc1. The number of hydrogen-bond donors (Lipinski definition) is 2. The zero-order valence-corrected chi connectivity index (χ0v) is 9.30. The fourth-order valence-corrected chi connectivity index (χ4v) is 1.87. The van der Waals surface area contributed by atoms with Crippen molar-refractivity contribution in [3.8, 4) is 0 Å². The first-order valence-corrected chi connectivity index (χ1v) is 5.67. The first kappa shape index (κ1) is 11.2. The second kappa shape index (κ2) is 5.12. The van der Waals surface area contributed by atoms with Crippen LogP contribution in [0.4, 0.5) is 0 Å². The lowest BCUT2D eigenvalue weighted by molar-refractivity contribution is -0.120. The Morgan fingerprint density at radius 2 is 2.43 bits per heavy atom. The van der Waals surface area contributed by atoms with Crippen molar-refractivity contribution < 1.29 is 4.79 Å². The molecule has 1 aromatic rings. The average molecular weight is 212 g/mol. The number of hydrogen-bond acceptors (Lipinski definition) is 3. The molecule has 3 N–H and O–H groups in total. The second-order valence-corrected chi connectivity index (χ2v) is 4.15. The third-order valence-electron chi connectivity index (χ3n) is 2.22. The van der Waals surface area contributed by atoms with Gasteiger partial charge in [-0.15, -0.1) is 0 Å². The minimum atomic E-state index is -0.351. The zero-order valence-electron chi connectivity index (χ0n) is 8.49. The van der Waals surface area contributed by atoms with Crippen LogP contribution >= 0.6 is 11.3 Å². The van der Waals surface area contributed by atoms with Crippen molar-refractivity contribution in [2.45, 2.75) is 32.4 Å². The Hall–Kier alpha value is -0.870. The predicted molar refractivity (Wildman–Crippen MR) is 59.1 cm³/mol. The molecule has 4 heteroatoms. The highest BCUT2D eigenvalue weighted by Gasteiger charge is 2.19. The minimum absolute atomic E-state index is 0.299. The molecule has 1 rings (SSSR count). The van der Waals surface area contributed by atoms with Crippen molar-refractivity contribution in [2.24, 2.45) is 5.73 Å². The highest BCUT2D eigenvalue weighted by molar-refractivity contribution is 7.08. The van der Waals surface area contributed by atoms with Gasteiger partial charge in [-0.1, -0.05) is 6.92 Å². The normalized spacial score (nSPS) is 15.0. The van der Waals surface area contributed by atoms with Gasteiger partial charge in [-0.25, -0.2) is 0 Å². The fraction of sp³-hybridized carbons (Fsp3) is 0.500. The van der Waals surface area contributed by atoms with Gasteiger partial charge in [-0.3, -0.25) is 10.1 Å². The Labute approximate surface area is 88.3 Å². The summed E-state index contributed by atoms with van der Waals surface area (Å²) in [6.07, 6.45) is 0.980. The monoisotopic (exact) mass is 212 g/mol. The van der Waals surface area contributed by atoms with E-state index in [1.54, 1.807) is 11.3 Å². The van der Waals surface area contributed by atoms with E-state index >= 15 is 0 Å². The molecule has 0 saturated carbocycles. The topological polar surface area (TPSA) is 55.1 Å². The van der Waals surface area contributed by atoms with E-state index in [-0.39, 0.29) is 11.9 Å². The highest BCUT2D eigenvalue weighted by Crippen LogP contribution is 2.16. The maximum Gasteiger partial charge on any atom is 0.239 e. The lowest BCUT2D eigenvalue weighted by Gasteiger charge is -2.18. The molecule has 1 heterocycles. The van der Waals surface area contributed by atoms with Crippen LogP contribution < -0.4 is 11.1 Å². The van der Waals surface area contributed by atoms with Crippen molar-refractivity contribution in [1.82, 2.24) is 5.32 Å². The van der Waals surface area contributed by atoms with Crippen molar-refractivity contribution in [2.75, 3.05) is 0 Å². The minimum Gasteiger partial charge on any atom is -0.368 e. The molecule has 0 bridgehead atoms. The van der Waals surface area contributed by atoms with Crippen molar-refractivity contribution in [1.29, 1.82) is 0 Å². The third-order valence-corrected chi connectivity index (χ3v) is 2.93. The maximum absolute atomic E-state index is 11.2. The summed E-state index contributed by atoms with van der Waals surface area (Å²) in [4.78, 5) is 11.2. The van der Waals surface area contributed by atoms with Gasteiger partial charge in [-0.2, -0.15) is 11.3 Å². The van der Waals surface area contributed by atoms with Crippen LogP contribution in [0.25, 0.3) is 0 Å². The quantitative estimate of drug-likeness (QED) is 0.780. The van der Waals surface area contributed by atoms with Crippen molar-refractivity contribution in [3.05, 3.63) is 22.4 Å². The molecule has 1 aromatic heterocycles. The van der Waals surface area contributed by atoms with Gasteiger partial charge in [0.05, 0.1) is 0 Å². The van der Waals surface area contributed by atoms with E-state index in [2.05, 4.69) is 12.2 Å². The number of thiophene rings is 1. The summed E-state index contributed by atoms with van der Waals surface area (Å²) in [5.41, 5.74) is 6.30. The summed E-state index contributed by atoms with van der Waals surface area (Å²) in [7, 11) is 0. The van der Waals surface area contributed by atoms with E-state index in [9.17, 15) is 4.79 Å². The second-order valence-electron chi connectivity index (χ2n) is 3.37. The Morgan fingerprint density at radius 1 is 1.71 bits per heavy atom. The van der Waals surface area contributed by atoms with E-state index in [1.165, 1.54) is 0 Å². The predicted octanol–water partition coefficient (Wildman–Crippen LogP) is 1.66. The molecule has 0 aliphatic rings. The van der Waals surface area contributed by atoms with E-state index in [1.807, 2.05) is 23.8 Å². The molecule has 0 aliphatic heterocycles. The Morgan fingerprint density at radius 3 is 2.86 bits per heavy atom. The molecular weight excluding hydrogens is 196 g/mol. The van der Waals surface area contributed by atoms with Gasteiger partial charge in [0.2, 0.25) is 5.91 Å². The van der Waals surface area contributed by atoms with Gasteiger partial charge in [0.25, 0.3) is 0 Å². The smallest absolute Gasteiger partial charge is 0.239 e. The number of nitrogens with one attached hydrogen (secondary N) is 1. The van der Waals surface area contributed by atoms with Crippen LogP contribution in [0, 0.1) is 0 Å². The average Bonchev–Trinajstić information content (AvgIpc) is 2.65. The molecule has 2 unspecified atom stereocenters. The number of rotatable bonds is 5. The molecule has 0 spiro atoms. The van der Waals surface area contributed by atoms with E-state index in [4.69, 9.17) is 5.73 Å². The largest absolute Gasteiger partial charge is 0.368 e. The summed E-state index contributed by atoms with van der Waals surface area (Å²) in [6.45, 7) is 4.12. The number of carbonyl (C=O) groups excluding carboxylic acids is 1. The van der Waals surface area contributed by atoms with E-state index in [0.29, 0.717) is 6.04 Å². The first-order valence-electron chi connectivity index (χ1n) is 4.72. The Balaban J connectivity index is 2.71. The van der Waals surface area contributed by atoms with Crippen LogP contribution in [0.3, 0.4) is 0 Å². The third kappa shape index (κ3) is 2.82. The number of amides is 1. The van der Waals surface area contributed by atoms with Crippen LogP contribution in [0.1, 0.15) is 31.9 Å². The molecule has 0 saturated heterocycles. The molecule has 0 aliphatic carbocycles. The highest BCUT2D eigenvalue weighted by atomic mass is 32.1. The molecule has 3 nitrogen and oxygen atoms in total. The van der Waals surface area contributed by atoms with Gasteiger partial charge in [-0.05, 0) is 35.7 Å². The molecular formula is C10H16N2OS. The van der Waals surface area contributed by atoms with Gasteiger partial charge in [0, 0.05) is 6.04 Å². The van der Waals surface area contributed by atoms with E-state index in [0.717, 1.165) is 12.0 Å². The fourth-order valence-electron chi connectivity index (χ4n) is 1.18. The number of carbonyl (C=O) groups is 1. The van der Waals surface area contributed by atoms with Crippen LogP contribution in [0.15, 0.2) is 16.8 Å². The lowest BCUT2D eigenvalue weighted by atomic mass is 10.1. The van der Waals surface area contributed by atoms with Crippen molar-refractivity contribution in [3.63, 3.8) is 0 Å². The lowest BCUT2D eigenvalue weighted by Crippen LogP contribution is -2.38. The maximum atomic E-state index is 11.2. The van der Waals surface area contributed by atoms with Crippen LogP contribution in [0.2, 0.25) is 0 Å². The first-order chi connectivity index (χ1) is 6.65. The number of nitrogens with two attached hydrogens (primary N) is 1. The van der Waals surface area contributed by atoms with Gasteiger partial charge >= 0.3 is 0 Å². The molecule has 78 valence electrons. The molecule has 0 aromatic carbocycles. The molecule has 2 atom stereocenters. The van der Waals surface area contributed by atoms with Crippen LogP contribution in [-0.4, -0.2) is 11.9 Å². The Kier molecular flexibility index (Phi) is 4.10. The van der Waals surface area contributed by atoms with Gasteiger partial charge < -0.3 is 5.73 Å². The summed E-state index contributed by atoms with van der Waals surface area (Å²) in [5, 5.41) is 7.10. The number of primary amides is 1. The standard InChI is InChI=1S/C10H16N2OS/c1-3-7(2)12-9(10(11)13)8-4-5-14-6-8/h4-7,9,12H,3H2,1-2H3,(H2,11,13). The van der Waals surface area contributed by atoms with Crippen molar-refractivity contribution >= 4 is 17.2 Å². The van der Waals surface area contributed by atoms with Gasteiger partial charge in [0.1, 0.15) is 6.04 Å². The molecule has 14 heavy (non-hydrogen) atoms. The zero-order chi connectivity index (χ0) is 10.6. The Bertz CT molecular complexity index is 284.